The van der Waals surface area contributed by atoms with E-state index in [0.717, 1.165) is 6.42 Å². The molecule has 0 amide bonds. The molecule has 0 bridgehead atoms. The predicted molar refractivity (Wildman–Crippen MR) is 66.7 cm³/mol. The van der Waals surface area contributed by atoms with Gasteiger partial charge in [0.1, 0.15) is 0 Å². The van der Waals surface area contributed by atoms with Crippen LogP contribution in [-0.2, 0) is 9.78 Å². The Kier molecular flexibility index (Phi) is 3.56. The fourth-order valence-electron chi connectivity index (χ4n) is 2.16. The lowest BCUT2D eigenvalue weighted by atomic mass is 9.55. The van der Waals surface area contributed by atoms with Crippen LogP contribution in [0.15, 0.2) is 12.2 Å². The molecule has 0 aromatic carbocycles. The minimum absolute atomic E-state index is 0.000404. The van der Waals surface area contributed by atoms with Gasteiger partial charge in [0.05, 0.1) is 0 Å². The Morgan fingerprint density at radius 1 is 0.875 bits per heavy atom. The van der Waals surface area contributed by atoms with Crippen LogP contribution in [0.5, 0.6) is 0 Å². The van der Waals surface area contributed by atoms with Crippen molar-refractivity contribution in [2.45, 2.75) is 61.2 Å². The van der Waals surface area contributed by atoms with E-state index in [1.54, 1.807) is 0 Å². The van der Waals surface area contributed by atoms with Crippen LogP contribution in [0.4, 0.5) is 0 Å². The van der Waals surface area contributed by atoms with Crippen molar-refractivity contribution in [1.29, 1.82) is 0 Å². The average molecular weight is 226 g/mol. The molecule has 94 valence electrons. The largest absolute Gasteiger partial charge is 0.228 e. The molecule has 1 aliphatic rings. The van der Waals surface area contributed by atoms with E-state index in [1.807, 2.05) is 0 Å². The Morgan fingerprint density at radius 2 is 1.31 bits per heavy atom. The molecule has 1 saturated heterocycles. The smallest absolute Gasteiger partial charge is 0.198 e. The highest BCUT2D eigenvalue weighted by Crippen LogP contribution is 2.52. The van der Waals surface area contributed by atoms with Gasteiger partial charge in [-0.2, -0.15) is 9.78 Å². The van der Waals surface area contributed by atoms with E-state index < -0.39 is 0 Å². The van der Waals surface area contributed by atoms with Crippen LogP contribution in [0.2, 0.25) is 0 Å². The summed E-state index contributed by atoms with van der Waals surface area (Å²) < 4.78 is 0. The molecule has 0 radical (unpaired) electrons. The number of rotatable bonds is 3. The minimum Gasteiger partial charge on any atom is -0.198 e. The van der Waals surface area contributed by atoms with Crippen molar-refractivity contribution in [1.82, 2.24) is 0 Å². The van der Waals surface area contributed by atoms with Crippen LogP contribution in [0, 0.1) is 16.2 Å². The molecule has 0 spiro atoms. The summed E-state index contributed by atoms with van der Waals surface area (Å²) in [5.41, 5.74) is 0.606. The van der Waals surface area contributed by atoms with Gasteiger partial charge < -0.3 is 0 Å². The first kappa shape index (κ1) is 13.7. The lowest BCUT2D eigenvalue weighted by Crippen LogP contribution is -2.42. The fraction of sp³-hybridized carbons (Fsp3) is 0.857. The third-order valence-corrected chi connectivity index (χ3v) is 4.13. The van der Waals surface area contributed by atoms with Gasteiger partial charge in [-0.15, -0.1) is 0 Å². The first-order valence-electron chi connectivity index (χ1n) is 6.08. The maximum Gasteiger partial charge on any atom is 0.228 e. The molecule has 1 aliphatic heterocycles. The van der Waals surface area contributed by atoms with E-state index in [0.29, 0.717) is 0 Å². The van der Waals surface area contributed by atoms with Crippen LogP contribution in [0.1, 0.15) is 54.9 Å². The zero-order valence-electron chi connectivity index (χ0n) is 11.8. The lowest BCUT2D eigenvalue weighted by molar-refractivity contribution is 0.0363. The third-order valence-electron chi connectivity index (χ3n) is 4.13. The van der Waals surface area contributed by atoms with Crippen molar-refractivity contribution in [2.75, 3.05) is 0 Å². The van der Waals surface area contributed by atoms with E-state index in [2.05, 4.69) is 60.6 Å². The summed E-state index contributed by atoms with van der Waals surface area (Å²) in [7, 11) is 0. The Morgan fingerprint density at radius 3 is 1.62 bits per heavy atom. The third kappa shape index (κ3) is 2.86. The van der Waals surface area contributed by atoms with Crippen molar-refractivity contribution in [3.63, 3.8) is 0 Å². The molecule has 1 heterocycles. The van der Waals surface area contributed by atoms with Crippen molar-refractivity contribution in [3.8, 4) is 0 Å². The highest BCUT2D eigenvalue weighted by molar-refractivity contribution is 5.09. The maximum atomic E-state index is 4.74. The zero-order valence-corrected chi connectivity index (χ0v) is 11.8. The van der Waals surface area contributed by atoms with Crippen LogP contribution in [-0.4, -0.2) is 6.29 Å². The quantitative estimate of drug-likeness (QED) is 0.407. The highest BCUT2D eigenvalue weighted by Gasteiger charge is 2.44. The SMILES string of the molecule is CC(C)(C)C(C)(/C=C/CC1OO1)C(C)(C)C. The van der Waals surface area contributed by atoms with E-state index in [-0.39, 0.29) is 22.5 Å². The first-order chi connectivity index (χ1) is 7.08. The standard InChI is InChI=1S/C14H26O2/c1-12(2,3)14(7,13(4,5)6)10-8-9-11-15-16-11/h8,10-11H,9H2,1-7H3/b10-8+. The van der Waals surface area contributed by atoms with Crippen molar-refractivity contribution in [3.05, 3.63) is 12.2 Å². The first-order valence-corrected chi connectivity index (χ1v) is 6.08. The summed E-state index contributed by atoms with van der Waals surface area (Å²) in [6.45, 7) is 16.1. The number of allylic oxidation sites excluding steroid dienone is 1. The van der Waals surface area contributed by atoms with Gasteiger partial charge in [0.15, 0.2) is 0 Å². The zero-order chi connectivity index (χ0) is 12.6. The Hall–Kier alpha value is -0.340. The van der Waals surface area contributed by atoms with Gasteiger partial charge in [-0.25, -0.2) is 0 Å². The monoisotopic (exact) mass is 226 g/mol. The summed E-state index contributed by atoms with van der Waals surface area (Å²) in [6, 6.07) is 0. The molecular weight excluding hydrogens is 200 g/mol. The summed E-state index contributed by atoms with van der Waals surface area (Å²) in [6.07, 6.45) is 5.37. The normalized spacial score (nSPS) is 19.4. The van der Waals surface area contributed by atoms with Crippen LogP contribution < -0.4 is 0 Å². The maximum absolute atomic E-state index is 4.74. The second-order valence-corrected chi connectivity index (χ2v) is 6.96. The van der Waals surface area contributed by atoms with E-state index in [4.69, 9.17) is 9.78 Å². The van der Waals surface area contributed by atoms with E-state index in [9.17, 15) is 0 Å². The second kappa shape index (κ2) is 4.15. The summed E-state index contributed by atoms with van der Waals surface area (Å²) in [4.78, 5) is 9.49. The van der Waals surface area contributed by atoms with Crippen LogP contribution in [0.3, 0.4) is 0 Å². The molecule has 0 unspecified atom stereocenters. The van der Waals surface area contributed by atoms with Crippen molar-refractivity contribution >= 4 is 0 Å². The molecule has 0 N–H and O–H groups in total. The van der Waals surface area contributed by atoms with Crippen molar-refractivity contribution in [2.24, 2.45) is 16.2 Å². The van der Waals surface area contributed by atoms with Gasteiger partial charge in [0.25, 0.3) is 0 Å². The Balaban J connectivity index is 2.81. The van der Waals surface area contributed by atoms with E-state index in [1.165, 1.54) is 0 Å². The number of hydrogen-bond acceptors (Lipinski definition) is 2. The predicted octanol–water partition coefficient (Wildman–Crippen LogP) is 4.32. The molecule has 0 aromatic rings. The van der Waals surface area contributed by atoms with Crippen LogP contribution in [0.25, 0.3) is 0 Å². The summed E-state index contributed by atoms with van der Waals surface area (Å²) >= 11 is 0. The lowest BCUT2D eigenvalue weighted by Gasteiger charge is -2.49. The van der Waals surface area contributed by atoms with Gasteiger partial charge in [0, 0.05) is 6.42 Å². The van der Waals surface area contributed by atoms with Crippen molar-refractivity contribution < 1.29 is 9.78 Å². The Bertz CT molecular complexity index is 247. The highest BCUT2D eigenvalue weighted by atomic mass is 17.4. The molecule has 0 aromatic heterocycles. The molecule has 2 nitrogen and oxygen atoms in total. The molecule has 16 heavy (non-hydrogen) atoms. The van der Waals surface area contributed by atoms with Gasteiger partial charge in [-0.1, -0.05) is 60.6 Å². The van der Waals surface area contributed by atoms with Gasteiger partial charge >= 0.3 is 0 Å². The molecule has 0 atom stereocenters. The topological polar surface area (TPSA) is 25.1 Å². The number of hydrogen-bond donors (Lipinski definition) is 0. The molecule has 0 saturated carbocycles. The summed E-state index contributed by atoms with van der Waals surface area (Å²) in [5.74, 6) is 0. The fourth-order valence-corrected chi connectivity index (χ4v) is 2.16. The Labute approximate surface area is 99.9 Å². The average Bonchev–Trinajstić information content (AvgIpc) is 2.83. The van der Waals surface area contributed by atoms with Gasteiger partial charge in [0.2, 0.25) is 6.29 Å². The van der Waals surface area contributed by atoms with Crippen LogP contribution >= 0.6 is 0 Å². The minimum atomic E-state index is 0.000404. The molecule has 1 fully saturated rings. The van der Waals surface area contributed by atoms with Gasteiger partial charge in [-0.05, 0) is 16.2 Å². The van der Waals surface area contributed by atoms with Gasteiger partial charge in [-0.3, -0.25) is 0 Å². The van der Waals surface area contributed by atoms with E-state index >= 15 is 0 Å². The molecule has 1 rings (SSSR count). The molecule has 0 aliphatic carbocycles. The molecule has 2 heteroatoms. The second-order valence-electron chi connectivity index (χ2n) is 6.96. The summed E-state index contributed by atoms with van der Waals surface area (Å²) in [5, 5.41) is 0. The molecular formula is C14H26O2.